The minimum atomic E-state index is -0.00648. The van der Waals surface area contributed by atoms with Crippen LogP contribution < -0.4 is 19.7 Å². The van der Waals surface area contributed by atoms with Crippen molar-refractivity contribution in [1.82, 2.24) is 5.32 Å². The van der Waals surface area contributed by atoms with Crippen molar-refractivity contribution < 1.29 is 14.3 Å². The molecule has 2 aromatic rings. The van der Waals surface area contributed by atoms with Crippen LogP contribution in [0, 0.1) is 0 Å². The second-order valence-electron chi connectivity index (χ2n) is 6.74. The SMILES string of the molecule is CC(C)NC(=O)CN(C/C=C/c1ccccc1)c1ccc2c(c1)OCCO2. The topological polar surface area (TPSA) is 50.8 Å². The number of amides is 1. The monoisotopic (exact) mass is 366 g/mol. The maximum absolute atomic E-state index is 12.3. The van der Waals surface area contributed by atoms with E-state index in [4.69, 9.17) is 9.47 Å². The molecule has 0 atom stereocenters. The summed E-state index contributed by atoms with van der Waals surface area (Å²) in [7, 11) is 0. The third kappa shape index (κ3) is 5.51. The Morgan fingerprint density at radius 2 is 1.85 bits per heavy atom. The fourth-order valence-electron chi connectivity index (χ4n) is 2.91. The predicted octanol–water partition coefficient (Wildman–Crippen LogP) is 3.50. The highest BCUT2D eigenvalue weighted by atomic mass is 16.6. The van der Waals surface area contributed by atoms with Gasteiger partial charge in [0.1, 0.15) is 13.2 Å². The maximum atomic E-state index is 12.3. The summed E-state index contributed by atoms with van der Waals surface area (Å²) in [6.45, 7) is 5.91. The van der Waals surface area contributed by atoms with Crippen LogP contribution >= 0.6 is 0 Å². The molecule has 0 spiro atoms. The van der Waals surface area contributed by atoms with Gasteiger partial charge in [0.25, 0.3) is 0 Å². The van der Waals surface area contributed by atoms with Crippen molar-refractivity contribution in [3.05, 3.63) is 60.2 Å². The Kier molecular flexibility index (Phi) is 6.36. The van der Waals surface area contributed by atoms with E-state index in [2.05, 4.69) is 29.6 Å². The van der Waals surface area contributed by atoms with Crippen LogP contribution in [0.15, 0.2) is 54.6 Å². The molecule has 1 N–H and O–H groups in total. The summed E-state index contributed by atoms with van der Waals surface area (Å²) in [5.74, 6) is 1.46. The van der Waals surface area contributed by atoms with E-state index in [0.717, 1.165) is 22.7 Å². The summed E-state index contributed by atoms with van der Waals surface area (Å²) in [6, 6.07) is 16.0. The average Bonchev–Trinajstić information content (AvgIpc) is 2.67. The molecule has 0 bridgehead atoms. The van der Waals surface area contributed by atoms with Gasteiger partial charge in [0, 0.05) is 24.3 Å². The van der Waals surface area contributed by atoms with Crippen LogP contribution in [-0.4, -0.2) is 38.3 Å². The molecule has 1 amide bonds. The van der Waals surface area contributed by atoms with E-state index in [9.17, 15) is 4.79 Å². The molecule has 0 fully saturated rings. The molecule has 3 rings (SSSR count). The normalized spacial score (nSPS) is 13.0. The number of nitrogens with one attached hydrogen (secondary N) is 1. The molecule has 1 aliphatic rings. The van der Waals surface area contributed by atoms with E-state index in [0.29, 0.717) is 19.8 Å². The Balaban J connectivity index is 1.76. The number of ether oxygens (including phenoxy) is 2. The van der Waals surface area contributed by atoms with Crippen LogP contribution in [0.5, 0.6) is 11.5 Å². The highest BCUT2D eigenvalue weighted by molar-refractivity contribution is 5.82. The molecular formula is C22H26N2O3. The van der Waals surface area contributed by atoms with Gasteiger partial charge in [-0.2, -0.15) is 0 Å². The van der Waals surface area contributed by atoms with Gasteiger partial charge in [-0.25, -0.2) is 0 Å². The number of hydrogen-bond acceptors (Lipinski definition) is 4. The highest BCUT2D eigenvalue weighted by Crippen LogP contribution is 2.34. The fourth-order valence-corrected chi connectivity index (χ4v) is 2.91. The van der Waals surface area contributed by atoms with E-state index in [-0.39, 0.29) is 18.5 Å². The third-order valence-electron chi connectivity index (χ3n) is 4.11. The number of benzene rings is 2. The van der Waals surface area contributed by atoms with E-state index in [1.807, 2.05) is 55.1 Å². The Bertz CT molecular complexity index is 787. The first-order chi connectivity index (χ1) is 13.1. The summed E-state index contributed by atoms with van der Waals surface area (Å²) >= 11 is 0. The molecule has 5 heteroatoms. The summed E-state index contributed by atoms with van der Waals surface area (Å²) in [5.41, 5.74) is 2.06. The predicted molar refractivity (Wildman–Crippen MR) is 108 cm³/mol. The first kappa shape index (κ1) is 18.8. The van der Waals surface area contributed by atoms with Gasteiger partial charge in [-0.1, -0.05) is 42.5 Å². The van der Waals surface area contributed by atoms with Crippen molar-refractivity contribution in [3.8, 4) is 11.5 Å². The number of nitrogens with zero attached hydrogens (tertiary/aromatic N) is 1. The van der Waals surface area contributed by atoms with Crippen molar-refractivity contribution in [2.45, 2.75) is 19.9 Å². The van der Waals surface area contributed by atoms with E-state index >= 15 is 0 Å². The van der Waals surface area contributed by atoms with Crippen molar-refractivity contribution in [2.24, 2.45) is 0 Å². The Morgan fingerprint density at radius 3 is 2.59 bits per heavy atom. The number of carbonyl (C=O) groups is 1. The smallest absolute Gasteiger partial charge is 0.239 e. The second kappa shape index (κ2) is 9.12. The maximum Gasteiger partial charge on any atom is 0.239 e. The van der Waals surface area contributed by atoms with Crippen molar-refractivity contribution in [3.63, 3.8) is 0 Å². The van der Waals surface area contributed by atoms with Crippen molar-refractivity contribution in [1.29, 1.82) is 0 Å². The number of anilines is 1. The van der Waals surface area contributed by atoms with Crippen LogP contribution in [0.1, 0.15) is 19.4 Å². The lowest BCUT2D eigenvalue weighted by molar-refractivity contribution is -0.120. The standard InChI is InChI=1S/C22H26N2O3/c1-17(2)23-22(25)16-24(12-6-9-18-7-4-3-5-8-18)19-10-11-20-21(15-19)27-14-13-26-20/h3-11,15,17H,12-14,16H2,1-2H3,(H,23,25)/b9-6+. The van der Waals surface area contributed by atoms with Crippen LogP contribution in [0.3, 0.4) is 0 Å². The minimum absolute atomic E-state index is 0.00648. The lowest BCUT2D eigenvalue weighted by atomic mass is 10.2. The molecule has 5 nitrogen and oxygen atoms in total. The molecule has 0 radical (unpaired) electrons. The summed E-state index contributed by atoms with van der Waals surface area (Å²) in [6.07, 6.45) is 4.13. The van der Waals surface area contributed by atoms with Crippen molar-refractivity contribution in [2.75, 3.05) is 31.2 Å². The number of rotatable bonds is 7. The van der Waals surface area contributed by atoms with Crippen LogP contribution in [0.2, 0.25) is 0 Å². The lowest BCUT2D eigenvalue weighted by Crippen LogP contribution is -2.40. The zero-order valence-corrected chi connectivity index (χ0v) is 15.9. The summed E-state index contributed by atoms with van der Waals surface area (Å²) in [4.78, 5) is 14.3. The molecule has 27 heavy (non-hydrogen) atoms. The summed E-state index contributed by atoms with van der Waals surface area (Å²) in [5, 5.41) is 2.95. The van der Waals surface area contributed by atoms with Gasteiger partial charge in [0.2, 0.25) is 5.91 Å². The molecule has 0 aromatic heterocycles. The van der Waals surface area contributed by atoms with Gasteiger partial charge in [-0.3, -0.25) is 4.79 Å². The molecule has 1 heterocycles. The van der Waals surface area contributed by atoms with Gasteiger partial charge >= 0.3 is 0 Å². The first-order valence-corrected chi connectivity index (χ1v) is 9.27. The molecule has 0 unspecified atom stereocenters. The van der Waals surface area contributed by atoms with E-state index < -0.39 is 0 Å². The van der Waals surface area contributed by atoms with Crippen LogP contribution in [0.25, 0.3) is 6.08 Å². The van der Waals surface area contributed by atoms with Crippen LogP contribution in [-0.2, 0) is 4.79 Å². The molecule has 0 saturated carbocycles. The zero-order valence-electron chi connectivity index (χ0n) is 15.9. The highest BCUT2D eigenvalue weighted by Gasteiger charge is 2.16. The molecule has 2 aromatic carbocycles. The molecule has 142 valence electrons. The molecule has 0 aliphatic carbocycles. The minimum Gasteiger partial charge on any atom is -0.486 e. The molecular weight excluding hydrogens is 340 g/mol. The van der Waals surface area contributed by atoms with Gasteiger partial charge in [0.05, 0.1) is 6.54 Å². The van der Waals surface area contributed by atoms with Gasteiger partial charge in [0.15, 0.2) is 11.5 Å². The van der Waals surface area contributed by atoms with Gasteiger partial charge in [-0.15, -0.1) is 0 Å². The Labute approximate surface area is 160 Å². The van der Waals surface area contributed by atoms with E-state index in [1.165, 1.54) is 0 Å². The van der Waals surface area contributed by atoms with Crippen LogP contribution in [0.4, 0.5) is 5.69 Å². The Morgan fingerprint density at radius 1 is 1.11 bits per heavy atom. The van der Waals surface area contributed by atoms with Crippen molar-refractivity contribution >= 4 is 17.7 Å². The first-order valence-electron chi connectivity index (χ1n) is 9.27. The number of hydrogen-bond donors (Lipinski definition) is 1. The molecule has 0 saturated heterocycles. The van der Waals surface area contributed by atoms with Gasteiger partial charge < -0.3 is 19.7 Å². The quantitative estimate of drug-likeness (QED) is 0.815. The third-order valence-corrected chi connectivity index (χ3v) is 4.11. The number of fused-ring (bicyclic) bond motifs is 1. The fraction of sp³-hybridized carbons (Fsp3) is 0.318. The second-order valence-corrected chi connectivity index (χ2v) is 6.74. The molecule has 1 aliphatic heterocycles. The Hall–Kier alpha value is -2.95. The summed E-state index contributed by atoms with van der Waals surface area (Å²) < 4.78 is 11.3. The average molecular weight is 366 g/mol. The largest absolute Gasteiger partial charge is 0.486 e. The van der Waals surface area contributed by atoms with E-state index in [1.54, 1.807) is 0 Å². The number of carbonyl (C=O) groups excluding carboxylic acids is 1. The lowest BCUT2D eigenvalue weighted by Gasteiger charge is -2.26. The van der Waals surface area contributed by atoms with Gasteiger partial charge in [-0.05, 0) is 31.5 Å². The zero-order chi connectivity index (χ0) is 19.1.